The first-order chi connectivity index (χ1) is 12.6. The molecule has 0 atom stereocenters. The quantitative estimate of drug-likeness (QED) is 0.289. The molecule has 0 bridgehead atoms. The number of fused-ring (bicyclic) bond motifs is 1. The van der Waals surface area contributed by atoms with Crippen LogP contribution < -0.4 is 2.89 Å². The molecule has 4 nitrogen and oxygen atoms in total. The Kier molecular flexibility index (Phi) is 8.94. The third kappa shape index (κ3) is 5.03. The SMILES string of the molecule is CCC[CH2][Sn]([CH2]CCC)([CH2]CCC)[c]1cn2cnc(C(=O)OCC)c2s1. The summed E-state index contributed by atoms with van der Waals surface area (Å²) in [6.45, 7) is 9.14. The number of carbonyl (C=O) groups is 1. The average molecular weight is 485 g/mol. The van der Waals surface area contributed by atoms with Gasteiger partial charge in [0, 0.05) is 0 Å². The molecule has 0 N–H and O–H groups in total. The van der Waals surface area contributed by atoms with E-state index in [0.29, 0.717) is 12.3 Å². The fourth-order valence-corrected chi connectivity index (χ4v) is 23.7. The van der Waals surface area contributed by atoms with E-state index in [-0.39, 0.29) is 5.97 Å². The van der Waals surface area contributed by atoms with Gasteiger partial charge in [0.05, 0.1) is 0 Å². The molecule has 26 heavy (non-hydrogen) atoms. The second kappa shape index (κ2) is 10.7. The van der Waals surface area contributed by atoms with Crippen molar-refractivity contribution in [1.29, 1.82) is 0 Å². The summed E-state index contributed by atoms with van der Waals surface area (Å²) in [5.41, 5.74) is 0.491. The first-order valence-electron chi connectivity index (χ1n) is 10.3. The summed E-state index contributed by atoms with van der Waals surface area (Å²) in [6.07, 6.45) is 12.0. The van der Waals surface area contributed by atoms with E-state index in [0.717, 1.165) is 4.83 Å². The Morgan fingerprint density at radius 3 is 2.15 bits per heavy atom. The van der Waals surface area contributed by atoms with Crippen molar-refractivity contribution in [1.82, 2.24) is 9.38 Å². The number of ether oxygens (including phenoxy) is 1. The molecule has 0 fully saturated rings. The number of unbranched alkanes of at least 4 members (excludes halogenated alkanes) is 3. The molecule has 2 heterocycles. The van der Waals surface area contributed by atoms with Crippen LogP contribution in [0, 0.1) is 0 Å². The minimum absolute atomic E-state index is 0.292. The van der Waals surface area contributed by atoms with E-state index in [2.05, 4.69) is 36.4 Å². The molecular weight excluding hydrogens is 451 g/mol. The molecule has 0 saturated heterocycles. The van der Waals surface area contributed by atoms with Crippen molar-refractivity contribution in [2.45, 2.75) is 79.5 Å². The number of rotatable bonds is 12. The van der Waals surface area contributed by atoms with Gasteiger partial charge in [0.2, 0.25) is 0 Å². The number of hydrogen-bond acceptors (Lipinski definition) is 4. The Morgan fingerprint density at radius 2 is 1.65 bits per heavy atom. The van der Waals surface area contributed by atoms with Gasteiger partial charge < -0.3 is 0 Å². The zero-order valence-electron chi connectivity index (χ0n) is 16.8. The number of esters is 1. The first kappa shape index (κ1) is 21.7. The van der Waals surface area contributed by atoms with Gasteiger partial charge in [-0.15, -0.1) is 0 Å². The summed E-state index contributed by atoms with van der Waals surface area (Å²) in [6, 6.07) is 0. The number of nitrogens with zero attached hydrogens (tertiary/aromatic N) is 2. The van der Waals surface area contributed by atoms with Gasteiger partial charge in [-0.2, -0.15) is 0 Å². The minimum atomic E-state index is -2.45. The van der Waals surface area contributed by atoms with Gasteiger partial charge >= 0.3 is 167 Å². The fourth-order valence-electron chi connectivity index (χ4n) is 3.67. The number of imidazole rings is 1. The average Bonchev–Trinajstić information content (AvgIpc) is 3.22. The summed E-state index contributed by atoms with van der Waals surface area (Å²) in [4.78, 5) is 17.5. The maximum atomic E-state index is 12.2. The van der Waals surface area contributed by atoms with Crippen LogP contribution in [0.5, 0.6) is 0 Å². The van der Waals surface area contributed by atoms with Crippen molar-refractivity contribution in [3.63, 3.8) is 0 Å². The van der Waals surface area contributed by atoms with Gasteiger partial charge in [0.25, 0.3) is 0 Å². The van der Waals surface area contributed by atoms with Crippen LogP contribution in [0.3, 0.4) is 0 Å². The van der Waals surface area contributed by atoms with Crippen LogP contribution in [0.1, 0.15) is 76.7 Å². The van der Waals surface area contributed by atoms with Gasteiger partial charge in [-0.05, 0) is 0 Å². The molecule has 2 rings (SSSR count). The third-order valence-corrected chi connectivity index (χ3v) is 24.5. The molecule has 0 aromatic carbocycles. The van der Waals surface area contributed by atoms with Crippen molar-refractivity contribution in [3.05, 3.63) is 18.2 Å². The molecule has 0 aliphatic rings. The molecule has 2 aromatic heterocycles. The van der Waals surface area contributed by atoms with Crippen molar-refractivity contribution in [2.24, 2.45) is 0 Å². The number of thiazole rings is 1. The zero-order chi connectivity index (χ0) is 19.0. The van der Waals surface area contributed by atoms with E-state index in [1.807, 2.05) is 18.3 Å². The van der Waals surface area contributed by atoms with Crippen molar-refractivity contribution in [3.8, 4) is 0 Å². The van der Waals surface area contributed by atoms with Gasteiger partial charge in [0.15, 0.2) is 0 Å². The van der Waals surface area contributed by atoms with E-state index in [9.17, 15) is 4.79 Å². The van der Waals surface area contributed by atoms with Gasteiger partial charge in [-0.3, -0.25) is 0 Å². The number of carbonyl (C=O) groups excluding carboxylic acids is 1. The standard InChI is InChI=1S/C8H7N2O2S.3C4H9.Sn/c1-2-12-8(11)6-7-10(5-9-6)3-4-13-7;3*1-3-4-2;/h3,5H,2H2,1H3;3*1,3-4H2,2H3;. The monoisotopic (exact) mass is 486 g/mol. The first-order valence-corrected chi connectivity index (χ1v) is 18.6. The van der Waals surface area contributed by atoms with E-state index in [4.69, 9.17) is 4.74 Å². The molecular formula is C20H34N2O2SSn. The Bertz CT molecular complexity index is 673. The Labute approximate surface area is 166 Å². The summed E-state index contributed by atoms with van der Waals surface area (Å²) in [7, 11) is 0. The van der Waals surface area contributed by atoms with Crippen molar-refractivity contribution < 1.29 is 9.53 Å². The molecule has 0 aliphatic carbocycles. The zero-order valence-corrected chi connectivity index (χ0v) is 20.5. The molecule has 0 spiro atoms. The number of hydrogen-bond donors (Lipinski definition) is 0. The molecule has 0 amide bonds. The molecule has 2 aromatic rings. The third-order valence-electron chi connectivity index (χ3n) is 5.23. The van der Waals surface area contributed by atoms with Gasteiger partial charge in [0.1, 0.15) is 0 Å². The second-order valence-corrected chi connectivity index (χ2v) is 22.4. The van der Waals surface area contributed by atoms with Crippen LogP contribution in [0.4, 0.5) is 0 Å². The van der Waals surface area contributed by atoms with E-state index >= 15 is 0 Å². The van der Waals surface area contributed by atoms with E-state index in [1.165, 1.54) is 51.8 Å². The van der Waals surface area contributed by atoms with Crippen LogP contribution in [0.25, 0.3) is 4.83 Å². The Hall–Kier alpha value is -0.561. The Morgan fingerprint density at radius 1 is 1.08 bits per heavy atom. The fraction of sp³-hybridized carbons (Fsp3) is 0.700. The molecule has 0 unspecified atom stereocenters. The summed E-state index contributed by atoms with van der Waals surface area (Å²) >= 11 is -0.612. The van der Waals surface area contributed by atoms with Crippen LogP contribution in [-0.2, 0) is 4.74 Å². The molecule has 0 aliphatic heterocycles. The van der Waals surface area contributed by atoms with Gasteiger partial charge in [-0.25, -0.2) is 0 Å². The summed E-state index contributed by atoms with van der Waals surface area (Å²) in [5.74, 6) is -0.292. The Balaban J connectivity index is 2.42. The predicted octanol–water partition coefficient (Wildman–Crippen LogP) is 5.63. The van der Waals surface area contributed by atoms with E-state index in [1.54, 1.807) is 9.22 Å². The van der Waals surface area contributed by atoms with Gasteiger partial charge in [-0.1, -0.05) is 0 Å². The van der Waals surface area contributed by atoms with Crippen LogP contribution >= 0.6 is 11.3 Å². The van der Waals surface area contributed by atoms with Crippen molar-refractivity contribution in [2.75, 3.05) is 6.61 Å². The van der Waals surface area contributed by atoms with Crippen LogP contribution in [0.15, 0.2) is 12.5 Å². The summed E-state index contributed by atoms with van der Waals surface area (Å²) in [5, 5.41) is 0. The molecule has 146 valence electrons. The van der Waals surface area contributed by atoms with Crippen molar-refractivity contribution >= 4 is 43.4 Å². The van der Waals surface area contributed by atoms with Crippen LogP contribution in [-0.4, -0.2) is 40.3 Å². The molecule has 6 heteroatoms. The second-order valence-electron chi connectivity index (χ2n) is 7.21. The molecule has 0 saturated carbocycles. The molecule has 0 radical (unpaired) electrons. The summed E-state index contributed by atoms with van der Waals surface area (Å²) < 4.78 is 13.2. The normalized spacial score (nSPS) is 12.0. The number of aromatic nitrogens is 2. The topological polar surface area (TPSA) is 43.6 Å². The maximum absolute atomic E-state index is 12.2. The van der Waals surface area contributed by atoms with Crippen LogP contribution in [0.2, 0.25) is 13.3 Å². The van der Waals surface area contributed by atoms with E-state index < -0.39 is 18.4 Å². The predicted molar refractivity (Wildman–Crippen MR) is 114 cm³/mol.